The average molecular weight is 606 g/mol. The maximum Gasteiger partial charge on any atom is 0.190 e. The van der Waals surface area contributed by atoms with Gasteiger partial charge in [-0.25, -0.2) is 0 Å². The van der Waals surface area contributed by atoms with Gasteiger partial charge in [0.05, 0.1) is 7.80 Å². The maximum atomic E-state index is 10.2. The quantitative estimate of drug-likeness (QED) is 0.362. The summed E-state index contributed by atoms with van der Waals surface area (Å²) in [4.78, 5) is 0. The van der Waals surface area contributed by atoms with Crippen molar-refractivity contribution in [2.75, 3.05) is 33.5 Å². The molecule has 0 aliphatic heterocycles. The summed E-state index contributed by atoms with van der Waals surface area (Å²) >= 11 is 0. The third-order valence-corrected chi connectivity index (χ3v) is 1.57. The predicted molar refractivity (Wildman–Crippen MR) is 57.7 cm³/mol. The van der Waals surface area contributed by atoms with Gasteiger partial charge in [-0.2, -0.15) is 0 Å². The van der Waals surface area contributed by atoms with Crippen molar-refractivity contribution in [1.82, 2.24) is 0 Å². The van der Waals surface area contributed by atoms with Crippen LogP contribution in [0.3, 0.4) is 0 Å². The summed E-state index contributed by atoms with van der Waals surface area (Å²) < 4.78 is 39.1. The summed E-state index contributed by atoms with van der Waals surface area (Å²) in [6.45, 7) is 6.19. The molecule has 0 saturated heterocycles. The fraction of sp³-hybridized carbons (Fsp3) is 1.00. The molecule has 0 aromatic carbocycles. The molecule has 2 unspecified atom stereocenters. The summed E-state index contributed by atoms with van der Waals surface area (Å²) in [6, 6.07) is 0. The predicted octanol–water partition coefficient (Wildman–Crippen LogP) is 1.98. The van der Waals surface area contributed by atoms with Gasteiger partial charge in [-0.3, -0.25) is 9.13 Å². The van der Waals surface area contributed by atoms with Crippen molar-refractivity contribution in [2.24, 2.45) is 0 Å². The van der Waals surface area contributed by atoms with Crippen LogP contribution >= 0.6 is 23.9 Å². The van der Waals surface area contributed by atoms with Gasteiger partial charge in [0.25, 0.3) is 0 Å². The average Bonchev–Trinajstić information content (AvgIpc) is 1.83. The van der Waals surface area contributed by atoms with Crippen LogP contribution in [0.25, 0.3) is 0 Å². The van der Waals surface area contributed by atoms with Gasteiger partial charge >= 0.3 is 0 Å². The monoisotopic (exact) mass is 606 g/mol. The van der Waals surface area contributed by atoms with E-state index in [4.69, 9.17) is 0 Å². The first-order chi connectivity index (χ1) is 5.86. The summed E-state index contributed by atoms with van der Waals surface area (Å²) in [6.07, 6.45) is 0. The molecule has 17 heavy (non-hydrogen) atoms. The van der Waals surface area contributed by atoms with E-state index in [2.05, 4.69) is 9.05 Å². The first-order valence-corrected chi connectivity index (χ1v) is 9.64. The van der Waals surface area contributed by atoms with Crippen LogP contribution in [0.5, 0.6) is 0 Å². The Morgan fingerprint density at radius 1 is 0.706 bits per heavy atom. The van der Waals surface area contributed by atoms with Crippen LogP contribution in [-0.4, -0.2) is 33.5 Å². The second-order valence-electron chi connectivity index (χ2n) is 2.30. The van der Waals surface area contributed by atoms with E-state index in [1.54, 1.807) is 13.3 Å². The summed E-state index contributed by atoms with van der Waals surface area (Å²) in [5.74, 6) is 0. The van der Waals surface area contributed by atoms with Crippen molar-refractivity contribution in [3.63, 3.8) is 0 Å². The SMILES string of the molecule is C[PH](=O)OCO[PH](C)=O.C[PH](C)=O.[Y].[Y].[Y].[Y]. The zero-order chi connectivity index (χ0) is 10.9. The molecule has 0 aliphatic carbocycles. The zero-order valence-corrected chi connectivity index (χ0v) is 24.9. The van der Waals surface area contributed by atoms with E-state index in [-0.39, 0.29) is 138 Å². The van der Waals surface area contributed by atoms with Gasteiger partial charge in [0, 0.05) is 144 Å². The Morgan fingerprint density at radius 3 is 1.00 bits per heavy atom. The van der Waals surface area contributed by atoms with Crippen LogP contribution in [0.2, 0.25) is 0 Å². The van der Waals surface area contributed by atoms with E-state index in [1.807, 2.05) is 0 Å². The molecule has 94 valence electrons. The molecular weight excluding hydrogens is 589 g/mol. The molecule has 4 radical (unpaired) electrons. The smallest absolute Gasteiger partial charge is 0.190 e. The Bertz CT molecular complexity index is 188. The first-order valence-electron chi connectivity index (χ1n) is 3.60. The van der Waals surface area contributed by atoms with E-state index in [9.17, 15) is 13.7 Å². The second-order valence-corrected chi connectivity index (χ2v) is 6.66. The van der Waals surface area contributed by atoms with Crippen LogP contribution in [0, 0.1) is 0 Å². The third-order valence-electron chi connectivity index (χ3n) is 0.524. The number of hydrogen-bond donors (Lipinski definition) is 0. The Hall–Kier alpha value is 5.03. The molecule has 2 atom stereocenters. The second kappa shape index (κ2) is 29.1. The first kappa shape index (κ1) is 37.9. The third kappa shape index (κ3) is 62.6. The molecule has 0 heterocycles. The fourth-order valence-electron chi connectivity index (χ4n) is 0.195. The van der Waals surface area contributed by atoms with Gasteiger partial charge in [-0.05, 0) is 13.3 Å². The largest absolute Gasteiger partial charge is 0.327 e. The molecule has 0 N–H and O–H groups in total. The topological polar surface area (TPSA) is 69.7 Å². The van der Waals surface area contributed by atoms with Crippen LogP contribution in [0.15, 0.2) is 0 Å². The summed E-state index contributed by atoms with van der Waals surface area (Å²) in [5, 5.41) is 0. The Balaban J connectivity index is -0.0000000338. The molecule has 0 saturated carbocycles. The Labute approximate surface area is 206 Å². The zero-order valence-electron chi connectivity index (χ0n) is 10.6. The minimum absolute atomic E-state index is 0. The molecule has 5 nitrogen and oxygen atoms in total. The summed E-state index contributed by atoms with van der Waals surface area (Å²) in [5.41, 5.74) is 0. The van der Waals surface area contributed by atoms with Crippen molar-refractivity contribution in [3.05, 3.63) is 0 Å². The van der Waals surface area contributed by atoms with Gasteiger partial charge in [0.2, 0.25) is 0 Å². The molecule has 0 aliphatic rings. The van der Waals surface area contributed by atoms with E-state index in [0.29, 0.717) is 0 Å². The minimum atomic E-state index is -1.93. The van der Waals surface area contributed by atoms with Crippen LogP contribution < -0.4 is 0 Å². The van der Waals surface area contributed by atoms with Gasteiger partial charge in [-0.15, -0.1) is 0 Å². The van der Waals surface area contributed by atoms with E-state index in [1.165, 1.54) is 13.3 Å². The molecular formula is C5H17O5P3Y4. The van der Waals surface area contributed by atoms with Crippen molar-refractivity contribution in [2.45, 2.75) is 0 Å². The molecule has 0 rings (SSSR count). The maximum absolute atomic E-state index is 10.2. The molecule has 0 aromatic heterocycles. The number of rotatable bonds is 4. The molecule has 12 heteroatoms. The van der Waals surface area contributed by atoms with Crippen molar-refractivity contribution >= 4 is 23.9 Å². The molecule has 0 fully saturated rings. The normalized spacial score (nSPS) is 11.1. The Morgan fingerprint density at radius 2 is 0.882 bits per heavy atom. The van der Waals surface area contributed by atoms with E-state index < -0.39 is 23.9 Å². The van der Waals surface area contributed by atoms with E-state index in [0.717, 1.165) is 0 Å². The molecule has 0 bridgehead atoms. The van der Waals surface area contributed by atoms with Gasteiger partial charge < -0.3 is 13.6 Å². The van der Waals surface area contributed by atoms with Gasteiger partial charge in [-0.1, -0.05) is 0 Å². The van der Waals surface area contributed by atoms with Crippen molar-refractivity contribution < 1.29 is 154 Å². The fourth-order valence-corrected chi connectivity index (χ4v) is 0.763. The standard InChI is InChI=1S/C3H10O4P2.C2H7OP.4Y/c1-8(4)6-3-7-9(2)5;1-4(2)3;;;;/h8-9H,3H2,1-2H3;4H,1-2H3;;;;. The van der Waals surface area contributed by atoms with Crippen LogP contribution in [0.1, 0.15) is 0 Å². The van der Waals surface area contributed by atoms with Crippen molar-refractivity contribution in [3.8, 4) is 0 Å². The van der Waals surface area contributed by atoms with E-state index >= 15 is 0 Å². The van der Waals surface area contributed by atoms with Crippen molar-refractivity contribution in [1.29, 1.82) is 0 Å². The Kier molecular flexibility index (Phi) is 64.9. The van der Waals surface area contributed by atoms with Gasteiger partial charge in [0.1, 0.15) is 0 Å². The van der Waals surface area contributed by atoms with Gasteiger partial charge in [0.15, 0.2) is 22.8 Å². The molecule has 0 aromatic rings. The van der Waals surface area contributed by atoms with Crippen LogP contribution in [-0.2, 0) is 154 Å². The minimum Gasteiger partial charge on any atom is -0.327 e. The number of hydrogen-bond acceptors (Lipinski definition) is 5. The molecule has 0 amide bonds. The summed E-state index contributed by atoms with van der Waals surface area (Å²) in [7, 11) is -4.99. The molecule has 0 spiro atoms. The van der Waals surface area contributed by atoms with Crippen LogP contribution in [0.4, 0.5) is 0 Å².